The first-order chi connectivity index (χ1) is 10.1. The number of hydrogen-bond donors (Lipinski definition) is 2. The van der Waals surface area contributed by atoms with Gasteiger partial charge in [0.05, 0.1) is 17.7 Å². The Morgan fingerprint density at radius 1 is 1.43 bits per heavy atom. The number of thiazole rings is 1. The maximum atomic E-state index is 12.0. The molecule has 1 heterocycles. The molecule has 1 aromatic carbocycles. The molecule has 21 heavy (non-hydrogen) atoms. The Labute approximate surface area is 131 Å². The molecule has 0 fully saturated rings. The van der Waals surface area contributed by atoms with E-state index in [-0.39, 0.29) is 11.8 Å². The number of benzene rings is 1. The molecule has 0 unspecified atom stereocenters. The molecular weight excluding hydrogens is 310 g/mol. The molecule has 0 aliphatic rings. The molecule has 0 saturated heterocycles. The fourth-order valence-corrected chi connectivity index (χ4v) is 2.38. The maximum Gasteiger partial charge on any atom is 0.251 e. The van der Waals surface area contributed by atoms with Crippen LogP contribution in [0.25, 0.3) is 0 Å². The second-order valence-corrected chi connectivity index (χ2v) is 5.56. The Hall–Kier alpha value is -1.92. The average Bonchev–Trinajstić information content (AvgIpc) is 2.97. The van der Waals surface area contributed by atoms with Gasteiger partial charge in [-0.15, -0.1) is 11.3 Å². The molecule has 0 aliphatic carbocycles. The van der Waals surface area contributed by atoms with Crippen molar-refractivity contribution in [1.82, 2.24) is 15.6 Å². The van der Waals surface area contributed by atoms with Gasteiger partial charge < -0.3 is 10.6 Å². The van der Waals surface area contributed by atoms with Gasteiger partial charge in [-0.1, -0.05) is 17.7 Å². The first-order valence-corrected chi connectivity index (χ1v) is 7.59. The summed E-state index contributed by atoms with van der Waals surface area (Å²) in [5, 5.41) is 7.68. The SMILES string of the molecule is C[C@@H](NC(=O)c1cccc(Cl)c1)C(=O)NCc1cscn1. The van der Waals surface area contributed by atoms with Gasteiger partial charge in [-0.05, 0) is 25.1 Å². The summed E-state index contributed by atoms with van der Waals surface area (Å²) in [5.74, 6) is -0.604. The molecule has 5 nitrogen and oxygen atoms in total. The van der Waals surface area contributed by atoms with Crippen molar-refractivity contribution < 1.29 is 9.59 Å². The van der Waals surface area contributed by atoms with Crippen LogP contribution in [0.1, 0.15) is 23.0 Å². The molecular formula is C14H14ClN3O2S. The smallest absolute Gasteiger partial charge is 0.251 e. The van der Waals surface area contributed by atoms with Gasteiger partial charge >= 0.3 is 0 Å². The molecule has 1 atom stereocenters. The van der Waals surface area contributed by atoms with Crippen molar-refractivity contribution in [2.24, 2.45) is 0 Å². The fraction of sp³-hybridized carbons (Fsp3) is 0.214. The third-order valence-corrected chi connectivity index (χ3v) is 3.63. The van der Waals surface area contributed by atoms with E-state index >= 15 is 0 Å². The second-order valence-electron chi connectivity index (χ2n) is 4.40. The number of carbonyl (C=O) groups excluding carboxylic acids is 2. The van der Waals surface area contributed by atoms with Crippen LogP contribution in [0.5, 0.6) is 0 Å². The van der Waals surface area contributed by atoms with E-state index < -0.39 is 6.04 Å². The molecule has 110 valence electrons. The number of rotatable bonds is 5. The number of amides is 2. The van der Waals surface area contributed by atoms with Crippen LogP contribution in [0, 0.1) is 0 Å². The normalized spacial score (nSPS) is 11.7. The number of nitrogens with zero attached hydrogens (tertiary/aromatic N) is 1. The predicted octanol–water partition coefficient (Wildman–Crippen LogP) is 2.23. The fourth-order valence-electron chi connectivity index (χ4n) is 1.63. The molecule has 0 aliphatic heterocycles. The van der Waals surface area contributed by atoms with E-state index in [0.717, 1.165) is 5.69 Å². The van der Waals surface area contributed by atoms with Gasteiger partial charge in [0.25, 0.3) is 5.91 Å². The standard InChI is InChI=1S/C14H14ClN3O2S/c1-9(13(19)16-6-12-7-21-8-17-12)18-14(20)10-3-2-4-11(15)5-10/h2-5,7-9H,6H2,1H3,(H,16,19)(H,18,20)/t9-/m1/s1. The predicted molar refractivity (Wildman–Crippen MR) is 82.3 cm³/mol. The van der Waals surface area contributed by atoms with Gasteiger partial charge in [0.2, 0.25) is 5.91 Å². The molecule has 2 N–H and O–H groups in total. The van der Waals surface area contributed by atoms with Crippen LogP contribution in [0.2, 0.25) is 5.02 Å². The number of nitrogens with one attached hydrogen (secondary N) is 2. The number of hydrogen-bond acceptors (Lipinski definition) is 4. The minimum atomic E-state index is -0.643. The van der Waals surface area contributed by atoms with Crippen LogP contribution in [0.3, 0.4) is 0 Å². The zero-order chi connectivity index (χ0) is 15.2. The monoisotopic (exact) mass is 323 g/mol. The van der Waals surface area contributed by atoms with Crippen molar-refractivity contribution in [3.8, 4) is 0 Å². The zero-order valence-electron chi connectivity index (χ0n) is 11.3. The molecule has 0 radical (unpaired) electrons. The molecule has 2 amide bonds. The quantitative estimate of drug-likeness (QED) is 0.886. The lowest BCUT2D eigenvalue weighted by atomic mass is 10.2. The first kappa shape index (κ1) is 15.5. The maximum absolute atomic E-state index is 12.0. The van der Waals surface area contributed by atoms with Crippen molar-refractivity contribution in [3.63, 3.8) is 0 Å². The van der Waals surface area contributed by atoms with Gasteiger partial charge in [-0.3, -0.25) is 9.59 Å². The largest absolute Gasteiger partial charge is 0.349 e. The topological polar surface area (TPSA) is 71.1 Å². The van der Waals surface area contributed by atoms with E-state index in [2.05, 4.69) is 15.6 Å². The Balaban J connectivity index is 1.86. The van der Waals surface area contributed by atoms with E-state index in [1.807, 2.05) is 5.38 Å². The summed E-state index contributed by atoms with van der Waals surface area (Å²) in [7, 11) is 0. The summed E-state index contributed by atoms with van der Waals surface area (Å²) in [6.45, 7) is 1.97. The molecule has 0 spiro atoms. The van der Waals surface area contributed by atoms with Crippen molar-refractivity contribution in [2.45, 2.75) is 19.5 Å². The number of carbonyl (C=O) groups is 2. The summed E-state index contributed by atoms with van der Waals surface area (Å²) in [6, 6.07) is 5.92. The highest BCUT2D eigenvalue weighted by atomic mass is 35.5. The van der Waals surface area contributed by atoms with Crippen LogP contribution < -0.4 is 10.6 Å². The summed E-state index contributed by atoms with van der Waals surface area (Å²) in [4.78, 5) is 27.9. The first-order valence-electron chi connectivity index (χ1n) is 6.27. The highest BCUT2D eigenvalue weighted by Crippen LogP contribution is 2.10. The van der Waals surface area contributed by atoms with Gasteiger partial charge in [0, 0.05) is 16.0 Å². The molecule has 1 aromatic heterocycles. The average molecular weight is 324 g/mol. The minimum Gasteiger partial charge on any atom is -0.349 e. The lowest BCUT2D eigenvalue weighted by Gasteiger charge is -2.13. The van der Waals surface area contributed by atoms with E-state index in [9.17, 15) is 9.59 Å². The highest BCUT2D eigenvalue weighted by Gasteiger charge is 2.16. The third kappa shape index (κ3) is 4.54. The third-order valence-electron chi connectivity index (χ3n) is 2.75. The van der Waals surface area contributed by atoms with Gasteiger partial charge in [-0.2, -0.15) is 0 Å². The Bertz CT molecular complexity index is 631. The van der Waals surface area contributed by atoms with E-state index in [1.165, 1.54) is 11.3 Å². The minimum absolute atomic E-state index is 0.265. The van der Waals surface area contributed by atoms with E-state index in [0.29, 0.717) is 17.1 Å². The van der Waals surface area contributed by atoms with Gasteiger partial charge in [-0.25, -0.2) is 4.98 Å². The van der Waals surface area contributed by atoms with Crippen LogP contribution in [-0.2, 0) is 11.3 Å². The van der Waals surface area contributed by atoms with Crippen LogP contribution >= 0.6 is 22.9 Å². The van der Waals surface area contributed by atoms with Crippen LogP contribution in [-0.4, -0.2) is 22.8 Å². The number of halogens is 1. The second kappa shape index (κ2) is 7.19. The van der Waals surface area contributed by atoms with Crippen LogP contribution in [0.15, 0.2) is 35.2 Å². The van der Waals surface area contributed by atoms with Crippen molar-refractivity contribution >= 4 is 34.8 Å². The molecule has 7 heteroatoms. The van der Waals surface area contributed by atoms with Gasteiger partial charge in [0.15, 0.2) is 0 Å². The van der Waals surface area contributed by atoms with Crippen molar-refractivity contribution in [2.75, 3.05) is 0 Å². The molecule has 2 rings (SSSR count). The molecule has 2 aromatic rings. The lowest BCUT2D eigenvalue weighted by molar-refractivity contribution is -0.122. The summed E-state index contributed by atoms with van der Waals surface area (Å²) in [5.41, 5.74) is 2.91. The van der Waals surface area contributed by atoms with Crippen molar-refractivity contribution in [1.29, 1.82) is 0 Å². The summed E-state index contributed by atoms with van der Waals surface area (Å²) < 4.78 is 0. The summed E-state index contributed by atoms with van der Waals surface area (Å²) >= 11 is 7.29. The Morgan fingerprint density at radius 2 is 2.24 bits per heavy atom. The molecule has 0 bridgehead atoms. The Morgan fingerprint density at radius 3 is 2.90 bits per heavy atom. The zero-order valence-corrected chi connectivity index (χ0v) is 12.9. The summed E-state index contributed by atoms with van der Waals surface area (Å²) in [6.07, 6.45) is 0. The lowest BCUT2D eigenvalue weighted by Crippen LogP contribution is -2.44. The van der Waals surface area contributed by atoms with E-state index in [1.54, 1.807) is 36.7 Å². The van der Waals surface area contributed by atoms with E-state index in [4.69, 9.17) is 11.6 Å². The molecule has 0 saturated carbocycles. The van der Waals surface area contributed by atoms with Gasteiger partial charge in [0.1, 0.15) is 6.04 Å². The Kier molecular flexibility index (Phi) is 5.30. The van der Waals surface area contributed by atoms with Crippen molar-refractivity contribution in [3.05, 3.63) is 51.4 Å². The number of aromatic nitrogens is 1. The highest BCUT2D eigenvalue weighted by molar-refractivity contribution is 7.07. The van der Waals surface area contributed by atoms with Crippen LogP contribution in [0.4, 0.5) is 0 Å².